The number of hydrogen-bond acceptors (Lipinski definition) is 4. The molecule has 28 heavy (non-hydrogen) atoms. The maximum absolute atomic E-state index is 13.1. The highest BCUT2D eigenvalue weighted by Crippen LogP contribution is 2.33. The van der Waals surface area contributed by atoms with Crippen LogP contribution in [0.25, 0.3) is 10.9 Å². The van der Waals surface area contributed by atoms with Crippen LogP contribution in [0.3, 0.4) is 0 Å². The Kier molecular flexibility index (Phi) is 5.83. The highest BCUT2D eigenvalue weighted by molar-refractivity contribution is 8.00. The maximum atomic E-state index is 13.1. The second-order valence-corrected chi connectivity index (χ2v) is 7.30. The molecule has 0 radical (unpaired) electrons. The number of para-hydroxylation sites is 1. The number of aromatic nitrogens is 2. The van der Waals surface area contributed by atoms with Crippen LogP contribution in [0.2, 0.25) is 0 Å². The first-order valence-electron chi connectivity index (χ1n) is 8.27. The third-order valence-electron chi connectivity index (χ3n) is 3.86. The van der Waals surface area contributed by atoms with Crippen LogP contribution in [0, 0.1) is 5.82 Å². The number of thioether (sulfide) groups is 1. The average molecular weight is 409 g/mol. The quantitative estimate of drug-likeness (QED) is 0.381. The van der Waals surface area contributed by atoms with E-state index in [1.807, 2.05) is 0 Å². The molecule has 2 aromatic carbocycles. The Morgan fingerprint density at radius 2 is 1.79 bits per heavy atom. The highest BCUT2D eigenvalue weighted by Gasteiger charge is 2.35. The van der Waals surface area contributed by atoms with E-state index in [0.717, 1.165) is 11.8 Å². The Hall–Kier alpha value is -2.68. The van der Waals surface area contributed by atoms with E-state index in [1.54, 1.807) is 37.3 Å². The van der Waals surface area contributed by atoms with Gasteiger partial charge >= 0.3 is 6.18 Å². The largest absolute Gasteiger partial charge is 0.451 e. The van der Waals surface area contributed by atoms with Gasteiger partial charge in [-0.1, -0.05) is 42.1 Å². The fourth-order valence-electron chi connectivity index (χ4n) is 2.42. The lowest BCUT2D eigenvalue weighted by atomic mass is 10.2. The molecule has 9 heteroatoms. The van der Waals surface area contributed by atoms with Crippen molar-refractivity contribution in [3.63, 3.8) is 0 Å². The number of hydrogen-bond donors (Lipinski definition) is 1. The van der Waals surface area contributed by atoms with Gasteiger partial charge in [0.2, 0.25) is 11.7 Å². The molecule has 1 N–H and O–H groups in total. The molecule has 0 fully saturated rings. The molecule has 0 saturated heterocycles. The van der Waals surface area contributed by atoms with Gasteiger partial charge in [0.1, 0.15) is 10.8 Å². The van der Waals surface area contributed by atoms with Gasteiger partial charge in [-0.15, -0.1) is 0 Å². The van der Waals surface area contributed by atoms with E-state index in [1.165, 1.54) is 18.2 Å². The molecule has 1 heterocycles. The highest BCUT2D eigenvalue weighted by atomic mass is 32.2. The molecule has 0 aliphatic heterocycles. The van der Waals surface area contributed by atoms with Gasteiger partial charge in [-0.25, -0.2) is 14.4 Å². The van der Waals surface area contributed by atoms with E-state index in [0.29, 0.717) is 10.9 Å². The summed E-state index contributed by atoms with van der Waals surface area (Å²) >= 11 is 0.926. The number of benzene rings is 2. The normalized spacial score (nSPS) is 12.8. The van der Waals surface area contributed by atoms with Gasteiger partial charge in [0.25, 0.3) is 0 Å². The van der Waals surface area contributed by atoms with Crippen molar-refractivity contribution in [2.24, 2.45) is 0 Å². The molecule has 1 aromatic heterocycles. The number of amides is 1. The summed E-state index contributed by atoms with van der Waals surface area (Å²) < 4.78 is 52.2. The molecule has 0 spiro atoms. The fourth-order valence-corrected chi connectivity index (χ4v) is 3.38. The van der Waals surface area contributed by atoms with Crippen LogP contribution < -0.4 is 5.32 Å². The van der Waals surface area contributed by atoms with Crippen LogP contribution in [0.15, 0.2) is 53.6 Å². The SMILES string of the molecule is CC(Sc1nc(C(F)(F)F)nc2ccccc12)C(=O)NCc1ccc(F)cc1. The molecule has 0 aliphatic carbocycles. The van der Waals surface area contributed by atoms with Crippen LogP contribution in [0.4, 0.5) is 17.6 Å². The van der Waals surface area contributed by atoms with Crippen molar-refractivity contribution in [2.45, 2.75) is 29.9 Å². The average Bonchev–Trinajstić information content (AvgIpc) is 2.66. The number of alkyl halides is 3. The minimum atomic E-state index is -4.69. The van der Waals surface area contributed by atoms with Crippen molar-refractivity contribution < 1.29 is 22.4 Å². The van der Waals surface area contributed by atoms with Crippen molar-refractivity contribution in [1.29, 1.82) is 0 Å². The minimum Gasteiger partial charge on any atom is -0.351 e. The number of fused-ring (bicyclic) bond motifs is 1. The van der Waals surface area contributed by atoms with E-state index in [9.17, 15) is 22.4 Å². The molecule has 146 valence electrons. The van der Waals surface area contributed by atoms with Crippen molar-refractivity contribution in [2.75, 3.05) is 0 Å². The first-order valence-corrected chi connectivity index (χ1v) is 9.15. The van der Waals surface area contributed by atoms with Gasteiger partial charge in [-0.05, 0) is 30.7 Å². The van der Waals surface area contributed by atoms with Gasteiger partial charge in [0.05, 0.1) is 10.8 Å². The zero-order chi connectivity index (χ0) is 20.3. The van der Waals surface area contributed by atoms with Crippen molar-refractivity contribution in [3.05, 3.63) is 65.7 Å². The molecule has 3 rings (SSSR count). The Bertz CT molecular complexity index is 993. The van der Waals surface area contributed by atoms with Crippen LogP contribution >= 0.6 is 11.8 Å². The summed E-state index contributed by atoms with van der Waals surface area (Å²) in [4.78, 5) is 19.5. The second-order valence-electron chi connectivity index (χ2n) is 5.97. The number of rotatable bonds is 5. The monoisotopic (exact) mass is 409 g/mol. The predicted octanol–water partition coefficient (Wildman–Crippen LogP) is 4.58. The molecule has 0 bridgehead atoms. The Morgan fingerprint density at radius 3 is 2.46 bits per heavy atom. The topological polar surface area (TPSA) is 54.9 Å². The lowest BCUT2D eigenvalue weighted by Gasteiger charge is -2.14. The molecule has 0 aliphatic rings. The van der Waals surface area contributed by atoms with Crippen molar-refractivity contribution in [3.8, 4) is 0 Å². The molecular formula is C19H15F4N3OS. The summed E-state index contributed by atoms with van der Waals surface area (Å²) in [6.07, 6.45) is -4.69. The smallest absolute Gasteiger partial charge is 0.351 e. The lowest BCUT2D eigenvalue weighted by Crippen LogP contribution is -2.30. The zero-order valence-electron chi connectivity index (χ0n) is 14.6. The summed E-state index contributed by atoms with van der Waals surface area (Å²) in [6, 6.07) is 12.0. The van der Waals surface area contributed by atoms with Crippen LogP contribution in [0.5, 0.6) is 0 Å². The molecule has 1 amide bonds. The molecule has 0 saturated carbocycles. The summed E-state index contributed by atoms with van der Waals surface area (Å²) in [5.41, 5.74) is 0.866. The third-order valence-corrected chi connectivity index (χ3v) is 4.96. The number of halogens is 4. The standard InChI is InChI=1S/C19H15F4N3OS/c1-11(16(27)24-10-12-6-8-13(20)9-7-12)28-17-14-4-2-3-5-15(14)25-18(26-17)19(21,22)23/h2-9,11H,10H2,1H3,(H,24,27). The van der Waals surface area contributed by atoms with E-state index >= 15 is 0 Å². The first-order chi connectivity index (χ1) is 13.2. The number of nitrogens with one attached hydrogen (secondary N) is 1. The van der Waals surface area contributed by atoms with Crippen LogP contribution in [-0.4, -0.2) is 21.1 Å². The fraction of sp³-hybridized carbons (Fsp3) is 0.211. The maximum Gasteiger partial charge on any atom is 0.451 e. The number of carbonyl (C=O) groups excluding carboxylic acids is 1. The predicted molar refractivity (Wildman–Crippen MR) is 98.1 cm³/mol. The van der Waals surface area contributed by atoms with Crippen LogP contribution in [0.1, 0.15) is 18.3 Å². The second kappa shape index (κ2) is 8.14. The molecule has 1 atom stereocenters. The van der Waals surface area contributed by atoms with Crippen molar-refractivity contribution in [1.82, 2.24) is 15.3 Å². The summed E-state index contributed by atoms with van der Waals surface area (Å²) in [5.74, 6) is -1.99. The molecular weight excluding hydrogens is 394 g/mol. The van der Waals surface area contributed by atoms with Gasteiger partial charge in [-0.2, -0.15) is 13.2 Å². The number of carbonyl (C=O) groups is 1. The Balaban J connectivity index is 1.77. The van der Waals surface area contributed by atoms with Gasteiger partial charge in [0, 0.05) is 11.9 Å². The zero-order valence-corrected chi connectivity index (χ0v) is 15.4. The van der Waals surface area contributed by atoms with Crippen molar-refractivity contribution >= 4 is 28.6 Å². The van der Waals surface area contributed by atoms with E-state index in [2.05, 4.69) is 15.3 Å². The van der Waals surface area contributed by atoms with Gasteiger partial charge in [-0.3, -0.25) is 4.79 Å². The lowest BCUT2D eigenvalue weighted by molar-refractivity contribution is -0.145. The Labute approximate surface area is 162 Å². The van der Waals surface area contributed by atoms with Gasteiger partial charge in [0.15, 0.2) is 0 Å². The Morgan fingerprint density at radius 1 is 1.11 bits per heavy atom. The van der Waals surface area contributed by atoms with Gasteiger partial charge < -0.3 is 5.32 Å². The van der Waals surface area contributed by atoms with E-state index in [-0.39, 0.29) is 28.8 Å². The molecule has 1 unspecified atom stereocenters. The molecule has 3 aromatic rings. The summed E-state index contributed by atoms with van der Waals surface area (Å²) in [7, 11) is 0. The summed E-state index contributed by atoms with van der Waals surface area (Å²) in [6.45, 7) is 1.76. The number of nitrogens with zero attached hydrogens (tertiary/aromatic N) is 2. The van der Waals surface area contributed by atoms with E-state index < -0.39 is 17.3 Å². The van der Waals surface area contributed by atoms with E-state index in [4.69, 9.17) is 0 Å². The van der Waals surface area contributed by atoms with Crippen LogP contribution in [-0.2, 0) is 17.5 Å². The third kappa shape index (κ3) is 4.78. The first kappa shape index (κ1) is 20.1. The molecule has 4 nitrogen and oxygen atoms in total. The minimum absolute atomic E-state index is 0.0855. The summed E-state index contributed by atoms with van der Waals surface area (Å²) in [5, 5.41) is 2.52.